The Morgan fingerprint density at radius 1 is 1.29 bits per heavy atom. The number of carbonyl (C=O) groups is 1. The number of nitrogens with zero attached hydrogens (tertiary/aromatic N) is 1. The lowest BCUT2D eigenvalue weighted by molar-refractivity contribution is -0.124. The molecule has 0 spiro atoms. The van der Waals surface area contributed by atoms with E-state index < -0.39 is 0 Å². The van der Waals surface area contributed by atoms with Gasteiger partial charge in [-0.3, -0.25) is 4.79 Å². The van der Waals surface area contributed by atoms with Crippen molar-refractivity contribution in [1.29, 1.82) is 0 Å². The van der Waals surface area contributed by atoms with Crippen molar-refractivity contribution in [3.8, 4) is 0 Å². The molecule has 14 heavy (non-hydrogen) atoms. The fraction of sp³-hybridized carbons (Fsp3) is 0.364. The zero-order valence-corrected chi connectivity index (χ0v) is 8.03. The number of hydrogen-bond acceptors (Lipinski definition) is 1. The third-order valence-electron chi connectivity index (χ3n) is 1.75. The Balaban J connectivity index is 0.00000169. The van der Waals surface area contributed by atoms with Gasteiger partial charge in [-0.2, -0.15) is 0 Å². The van der Waals surface area contributed by atoms with Crippen molar-refractivity contribution < 1.29 is 4.79 Å². The molecule has 1 radical (unpaired) electrons. The first-order chi connectivity index (χ1) is 6.20. The van der Waals surface area contributed by atoms with Crippen molar-refractivity contribution in [2.45, 2.75) is 20.4 Å². The summed E-state index contributed by atoms with van der Waals surface area (Å²) >= 11 is 0. The number of carbonyl (C=O) groups excluding carboxylic acids is 1. The van der Waals surface area contributed by atoms with Crippen LogP contribution in [0, 0.1) is 5.92 Å². The van der Waals surface area contributed by atoms with Crippen LogP contribution in [-0.4, -0.2) is 29.0 Å². The topological polar surface area (TPSA) is 31.2 Å². The lowest BCUT2D eigenvalue weighted by atomic mass is 10.2. The van der Waals surface area contributed by atoms with Gasteiger partial charge in [0.05, 0.1) is 6.54 Å². The minimum Gasteiger partial charge on any atom is -0.273 e. The third kappa shape index (κ3) is 4.63. The first-order valence-corrected chi connectivity index (χ1v) is 4.45. The summed E-state index contributed by atoms with van der Waals surface area (Å²) in [5, 5.41) is 3.96. The SMILES string of the molecule is CC(C)C(=O)[N]Cc1ccccc1.[MgH2]. The summed E-state index contributed by atoms with van der Waals surface area (Å²) in [4.78, 5) is 11.1. The van der Waals surface area contributed by atoms with E-state index in [1.165, 1.54) is 0 Å². The van der Waals surface area contributed by atoms with Crippen LogP contribution < -0.4 is 5.32 Å². The predicted octanol–water partition coefficient (Wildman–Crippen LogP) is 1.06. The van der Waals surface area contributed by atoms with E-state index in [2.05, 4.69) is 5.32 Å². The Morgan fingerprint density at radius 3 is 2.36 bits per heavy atom. The van der Waals surface area contributed by atoms with Crippen molar-refractivity contribution in [1.82, 2.24) is 5.32 Å². The molecule has 0 N–H and O–H groups in total. The maximum absolute atomic E-state index is 11.1. The zero-order valence-electron chi connectivity index (χ0n) is 8.03. The predicted molar refractivity (Wildman–Crippen MR) is 60.7 cm³/mol. The van der Waals surface area contributed by atoms with Crippen LogP contribution in [0.15, 0.2) is 30.3 Å². The van der Waals surface area contributed by atoms with Crippen LogP contribution >= 0.6 is 0 Å². The standard InChI is InChI=1S/C11H14NO.Mg.2H/c1-9(2)11(13)12-8-10-6-4-3-5-7-10;;;/h3-7,9H,8H2,1-2H3;;;. The van der Waals surface area contributed by atoms with Crippen LogP contribution in [0.3, 0.4) is 0 Å². The second-order valence-electron chi connectivity index (χ2n) is 3.29. The van der Waals surface area contributed by atoms with Gasteiger partial charge >= 0.3 is 23.1 Å². The summed E-state index contributed by atoms with van der Waals surface area (Å²) in [5.41, 5.74) is 1.08. The number of rotatable bonds is 3. The Kier molecular flexibility index (Phi) is 6.58. The smallest absolute Gasteiger partial charge is 0.273 e. The molecule has 0 aliphatic heterocycles. The molecule has 0 aliphatic rings. The molecule has 0 saturated carbocycles. The van der Waals surface area contributed by atoms with Crippen molar-refractivity contribution in [3.63, 3.8) is 0 Å². The third-order valence-corrected chi connectivity index (χ3v) is 1.75. The summed E-state index contributed by atoms with van der Waals surface area (Å²) in [6, 6.07) is 9.79. The molecule has 0 bridgehead atoms. The molecule has 0 heterocycles. The largest absolute Gasteiger partial charge is 0.316 e. The van der Waals surface area contributed by atoms with E-state index in [4.69, 9.17) is 0 Å². The molecule has 73 valence electrons. The molecule has 1 rings (SSSR count). The van der Waals surface area contributed by atoms with E-state index in [0.29, 0.717) is 6.54 Å². The van der Waals surface area contributed by atoms with E-state index >= 15 is 0 Å². The van der Waals surface area contributed by atoms with Gasteiger partial charge in [0.2, 0.25) is 5.91 Å². The highest BCUT2D eigenvalue weighted by Gasteiger charge is 2.07. The minimum atomic E-state index is -0.0242. The van der Waals surface area contributed by atoms with Crippen molar-refractivity contribution in [3.05, 3.63) is 35.9 Å². The molecule has 0 aromatic heterocycles. The molecule has 1 aromatic rings. The lowest BCUT2D eigenvalue weighted by Gasteiger charge is -2.03. The Hall–Kier alpha value is -0.544. The molecular formula is C11H16MgNO. The second kappa shape index (κ2) is 6.84. The molecule has 0 unspecified atom stereocenters. The summed E-state index contributed by atoms with van der Waals surface area (Å²) in [6.07, 6.45) is 0. The highest BCUT2D eigenvalue weighted by Crippen LogP contribution is 2.00. The van der Waals surface area contributed by atoms with E-state index in [0.717, 1.165) is 5.56 Å². The Labute approximate surface area is 101 Å². The summed E-state index contributed by atoms with van der Waals surface area (Å²) in [6.45, 7) is 4.21. The quantitative estimate of drug-likeness (QED) is 0.675. The minimum absolute atomic E-state index is 0. The molecule has 1 amide bonds. The van der Waals surface area contributed by atoms with E-state index in [-0.39, 0.29) is 34.9 Å². The molecule has 2 nitrogen and oxygen atoms in total. The average Bonchev–Trinajstić information content (AvgIpc) is 2.15. The van der Waals surface area contributed by atoms with Crippen LogP contribution in [0.4, 0.5) is 0 Å². The highest BCUT2D eigenvalue weighted by molar-refractivity contribution is 5.77. The van der Waals surface area contributed by atoms with E-state index in [1.54, 1.807) is 0 Å². The van der Waals surface area contributed by atoms with Crippen molar-refractivity contribution in [2.24, 2.45) is 5.92 Å². The first kappa shape index (κ1) is 13.5. The van der Waals surface area contributed by atoms with Crippen molar-refractivity contribution >= 4 is 29.0 Å². The average molecular weight is 203 g/mol. The van der Waals surface area contributed by atoms with Gasteiger partial charge in [0.15, 0.2) is 0 Å². The molecule has 1 aromatic carbocycles. The zero-order chi connectivity index (χ0) is 9.68. The maximum atomic E-state index is 11.1. The van der Waals surface area contributed by atoms with E-state index in [1.807, 2.05) is 44.2 Å². The van der Waals surface area contributed by atoms with Gasteiger partial charge in [0.25, 0.3) is 0 Å². The van der Waals surface area contributed by atoms with Gasteiger partial charge in [-0.05, 0) is 5.56 Å². The van der Waals surface area contributed by atoms with Crippen LogP contribution in [-0.2, 0) is 11.3 Å². The van der Waals surface area contributed by atoms with Crippen LogP contribution in [0.5, 0.6) is 0 Å². The van der Waals surface area contributed by atoms with Gasteiger partial charge in [0.1, 0.15) is 0 Å². The van der Waals surface area contributed by atoms with Crippen LogP contribution in [0.1, 0.15) is 19.4 Å². The van der Waals surface area contributed by atoms with Crippen molar-refractivity contribution in [2.75, 3.05) is 0 Å². The normalized spacial score (nSPS) is 9.36. The molecule has 0 atom stereocenters. The number of benzene rings is 1. The fourth-order valence-electron chi connectivity index (χ4n) is 0.935. The van der Waals surface area contributed by atoms with Crippen LogP contribution in [0.2, 0.25) is 0 Å². The van der Waals surface area contributed by atoms with Gasteiger partial charge in [-0.15, -0.1) is 0 Å². The molecule has 0 saturated heterocycles. The molecule has 0 fully saturated rings. The molecular weight excluding hydrogens is 186 g/mol. The van der Waals surface area contributed by atoms with Gasteiger partial charge < -0.3 is 0 Å². The lowest BCUT2D eigenvalue weighted by Crippen LogP contribution is -2.20. The Morgan fingerprint density at radius 2 is 1.86 bits per heavy atom. The maximum Gasteiger partial charge on any atom is 0.316 e. The van der Waals surface area contributed by atoms with Gasteiger partial charge in [-0.1, -0.05) is 44.2 Å². The molecule has 0 aliphatic carbocycles. The monoisotopic (exact) mass is 202 g/mol. The van der Waals surface area contributed by atoms with E-state index in [9.17, 15) is 4.79 Å². The Bertz CT molecular complexity index is 272. The second-order valence-corrected chi connectivity index (χ2v) is 3.29. The summed E-state index contributed by atoms with van der Waals surface area (Å²) in [5.74, 6) is -0.0208. The first-order valence-electron chi connectivity index (χ1n) is 4.45. The fourth-order valence-corrected chi connectivity index (χ4v) is 0.935. The van der Waals surface area contributed by atoms with Crippen LogP contribution in [0.25, 0.3) is 0 Å². The number of hydrogen-bond donors (Lipinski definition) is 0. The summed E-state index contributed by atoms with van der Waals surface area (Å²) < 4.78 is 0. The number of amides is 1. The van der Waals surface area contributed by atoms with Gasteiger partial charge in [0, 0.05) is 5.92 Å². The molecule has 3 heteroatoms. The highest BCUT2D eigenvalue weighted by atomic mass is 24.3. The summed E-state index contributed by atoms with van der Waals surface area (Å²) in [7, 11) is 0. The van der Waals surface area contributed by atoms with Gasteiger partial charge in [-0.25, -0.2) is 5.32 Å².